The van der Waals surface area contributed by atoms with Gasteiger partial charge in [0.2, 0.25) is 0 Å². The van der Waals surface area contributed by atoms with Crippen LogP contribution in [0.2, 0.25) is 0 Å². The van der Waals surface area contributed by atoms with E-state index in [2.05, 4.69) is 10.1 Å². The SMILES string of the molecule is CC(Cc1ccccc1)(C(=O)OCCCCO)c1ccnc2c(-c3ccc(C(F)(F)F)cc3)cnn12. The van der Waals surface area contributed by atoms with Gasteiger partial charge in [0, 0.05) is 18.4 Å². The zero-order valence-electron chi connectivity index (χ0n) is 19.7. The first-order valence-corrected chi connectivity index (χ1v) is 11.6. The minimum absolute atomic E-state index is 0.0177. The molecule has 0 fully saturated rings. The molecule has 0 saturated carbocycles. The highest BCUT2D eigenvalue weighted by Gasteiger charge is 2.40. The normalized spacial score (nSPS) is 13.5. The van der Waals surface area contributed by atoms with Crippen LogP contribution in [0.3, 0.4) is 0 Å². The van der Waals surface area contributed by atoms with Crippen LogP contribution in [0.5, 0.6) is 0 Å². The van der Waals surface area contributed by atoms with Crippen LogP contribution in [0.15, 0.2) is 73.1 Å². The zero-order chi connectivity index (χ0) is 25.8. The molecule has 2 aromatic heterocycles. The lowest BCUT2D eigenvalue weighted by molar-refractivity contribution is -0.150. The van der Waals surface area contributed by atoms with Gasteiger partial charge in [0.25, 0.3) is 0 Å². The number of rotatable bonds is 9. The summed E-state index contributed by atoms with van der Waals surface area (Å²) in [6.45, 7) is 1.97. The molecule has 2 aromatic carbocycles. The molecule has 1 atom stereocenters. The monoisotopic (exact) mass is 497 g/mol. The number of halogens is 3. The Kier molecular flexibility index (Phi) is 7.40. The molecule has 0 aliphatic carbocycles. The van der Waals surface area contributed by atoms with Crippen LogP contribution in [0.1, 0.15) is 36.6 Å². The van der Waals surface area contributed by atoms with E-state index in [1.54, 1.807) is 23.7 Å². The Morgan fingerprint density at radius 1 is 1.03 bits per heavy atom. The van der Waals surface area contributed by atoms with Gasteiger partial charge in [0.1, 0.15) is 5.41 Å². The number of benzene rings is 2. The van der Waals surface area contributed by atoms with Crippen LogP contribution in [0, 0.1) is 0 Å². The molecule has 9 heteroatoms. The van der Waals surface area contributed by atoms with Crippen LogP contribution in [0.25, 0.3) is 16.8 Å². The average molecular weight is 498 g/mol. The van der Waals surface area contributed by atoms with Gasteiger partial charge in [-0.15, -0.1) is 0 Å². The molecule has 0 bridgehead atoms. The molecule has 0 radical (unpaired) electrons. The van der Waals surface area contributed by atoms with E-state index in [9.17, 15) is 18.0 Å². The predicted octanol–water partition coefficient (Wildman–Crippen LogP) is 5.23. The van der Waals surface area contributed by atoms with Gasteiger partial charge >= 0.3 is 12.1 Å². The van der Waals surface area contributed by atoms with E-state index in [0.29, 0.717) is 41.7 Å². The highest BCUT2D eigenvalue weighted by Crippen LogP contribution is 2.34. The van der Waals surface area contributed by atoms with Gasteiger partial charge in [-0.05, 0) is 55.5 Å². The maximum Gasteiger partial charge on any atom is 0.416 e. The van der Waals surface area contributed by atoms with E-state index in [-0.39, 0.29) is 13.2 Å². The number of hydrogen-bond acceptors (Lipinski definition) is 5. The highest BCUT2D eigenvalue weighted by molar-refractivity contribution is 5.84. The fraction of sp³-hybridized carbons (Fsp3) is 0.296. The second kappa shape index (κ2) is 10.5. The van der Waals surface area contributed by atoms with Crippen molar-refractivity contribution in [3.63, 3.8) is 0 Å². The van der Waals surface area contributed by atoms with Crippen molar-refractivity contribution in [3.05, 3.63) is 89.9 Å². The lowest BCUT2D eigenvalue weighted by atomic mass is 9.80. The van der Waals surface area contributed by atoms with Gasteiger partial charge in [-0.2, -0.15) is 18.3 Å². The molecular formula is C27H26F3N3O3. The van der Waals surface area contributed by atoms with E-state index in [4.69, 9.17) is 9.84 Å². The number of alkyl halides is 3. The van der Waals surface area contributed by atoms with Gasteiger partial charge in [-0.25, -0.2) is 9.50 Å². The third kappa shape index (κ3) is 5.26. The largest absolute Gasteiger partial charge is 0.465 e. The molecule has 0 aliphatic rings. The van der Waals surface area contributed by atoms with Gasteiger partial charge in [-0.1, -0.05) is 42.5 Å². The number of ether oxygens (including phenoxy) is 1. The maximum absolute atomic E-state index is 13.4. The Hall–Kier alpha value is -3.72. The Balaban J connectivity index is 1.75. The summed E-state index contributed by atoms with van der Waals surface area (Å²) < 4.78 is 46.2. The third-order valence-electron chi connectivity index (χ3n) is 6.13. The summed E-state index contributed by atoms with van der Waals surface area (Å²) in [4.78, 5) is 17.8. The van der Waals surface area contributed by atoms with Crippen molar-refractivity contribution in [2.24, 2.45) is 0 Å². The van der Waals surface area contributed by atoms with Crippen LogP contribution in [0.4, 0.5) is 13.2 Å². The van der Waals surface area contributed by atoms with E-state index in [1.165, 1.54) is 18.3 Å². The lowest BCUT2D eigenvalue weighted by Gasteiger charge is -2.28. The van der Waals surface area contributed by atoms with Gasteiger partial charge in [0.15, 0.2) is 5.65 Å². The zero-order valence-corrected chi connectivity index (χ0v) is 19.7. The molecule has 1 N–H and O–H groups in total. The molecule has 2 heterocycles. The molecule has 4 aromatic rings. The molecule has 188 valence electrons. The number of carbonyl (C=O) groups is 1. The summed E-state index contributed by atoms with van der Waals surface area (Å²) in [5.74, 6) is -0.441. The number of aromatic nitrogens is 3. The number of carbonyl (C=O) groups excluding carboxylic acids is 1. The Morgan fingerprint density at radius 3 is 2.42 bits per heavy atom. The van der Waals surface area contributed by atoms with Crippen molar-refractivity contribution in [2.75, 3.05) is 13.2 Å². The molecule has 6 nitrogen and oxygen atoms in total. The summed E-state index contributed by atoms with van der Waals surface area (Å²) >= 11 is 0. The van der Waals surface area contributed by atoms with E-state index >= 15 is 0 Å². The highest BCUT2D eigenvalue weighted by atomic mass is 19.4. The van der Waals surface area contributed by atoms with Crippen molar-refractivity contribution in [1.82, 2.24) is 14.6 Å². The quantitative estimate of drug-likeness (QED) is 0.253. The smallest absolute Gasteiger partial charge is 0.416 e. The van der Waals surface area contributed by atoms with Gasteiger partial charge < -0.3 is 9.84 Å². The van der Waals surface area contributed by atoms with Crippen molar-refractivity contribution in [2.45, 2.75) is 37.8 Å². The fourth-order valence-corrected chi connectivity index (χ4v) is 4.16. The van der Waals surface area contributed by atoms with Crippen LogP contribution in [-0.4, -0.2) is 38.9 Å². The first-order valence-electron chi connectivity index (χ1n) is 11.6. The number of aliphatic hydroxyl groups excluding tert-OH is 1. The molecule has 36 heavy (non-hydrogen) atoms. The Morgan fingerprint density at radius 2 is 1.75 bits per heavy atom. The van der Waals surface area contributed by atoms with Crippen LogP contribution in [-0.2, 0) is 27.5 Å². The topological polar surface area (TPSA) is 76.7 Å². The first-order chi connectivity index (χ1) is 17.2. The van der Waals surface area contributed by atoms with Crippen molar-refractivity contribution in [3.8, 4) is 11.1 Å². The Labute approximate surface area is 206 Å². The number of hydrogen-bond donors (Lipinski definition) is 1. The molecule has 4 rings (SSSR count). The van der Waals surface area contributed by atoms with Crippen LogP contribution >= 0.6 is 0 Å². The van der Waals surface area contributed by atoms with Crippen molar-refractivity contribution >= 4 is 11.6 Å². The summed E-state index contributed by atoms with van der Waals surface area (Å²) in [7, 11) is 0. The number of unbranched alkanes of at least 4 members (excludes halogenated alkanes) is 1. The second-order valence-corrected chi connectivity index (χ2v) is 8.76. The van der Waals surface area contributed by atoms with E-state index < -0.39 is 23.1 Å². The summed E-state index contributed by atoms with van der Waals surface area (Å²) in [6.07, 6.45) is 0.0579. The standard InChI is InChI=1S/C27H26F3N3O3/c1-26(17-19-7-3-2-4-8-19,25(35)36-16-6-5-15-34)23-13-14-31-24-22(18-32-33(23)24)20-9-11-21(12-10-20)27(28,29)30/h2-4,7-14,18,34H,5-6,15-17H2,1H3. The fourth-order valence-electron chi connectivity index (χ4n) is 4.16. The van der Waals surface area contributed by atoms with Gasteiger partial charge in [-0.3, -0.25) is 4.79 Å². The maximum atomic E-state index is 13.4. The molecule has 1 unspecified atom stereocenters. The summed E-state index contributed by atoms with van der Waals surface area (Å²) in [5, 5.41) is 13.5. The van der Waals surface area contributed by atoms with E-state index in [0.717, 1.165) is 17.7 Å². The first kappa shape index (κ1) is 25.4. The average Bonchev–Trinajstić information content (AvgIpc) is 3.31. The van der Waals surface area contributed by atoms with Gasteiger partial charge in [0.05, 0.1) is 24.1 Å². The van der Waals surface area contributed by atoms with E-state index in [1.807, 2.05) is 30.3 Å². The molecular weight excluding hydrogens is 471 g/mol. The van der Waals surface area contributed by atoms with Crippen LogP contribution < -0.4 is 0 Å². The van der Waals surface area contributed by atoms with Crippen molar-refractivity contribution < 1.29 is 27.8 Å². The molecule has 0 amide bonds. The number of esters is 1. The summed E-state index contributed by atoms with van der Waals surface area (Å²) in [6, 6.07) is 16.0. The number of fused-ring (bicyclic) bond motifs is 1. The third-order valence-corrected chi connectivity index (χ3v) is 6.13. The van der Waals surface area contributed by atoms with Crippen molar-refractivity contribution in [1.29, 1.82) is 0 Å². The lowest BCUT2D eigenvalue weighted by Crippen LogP contribution is -2.39. The number of aliphatic hydroxyl groups is 1. The number of nitrogens with zero attached hydrogens (tertiary/aromatic N) is 3. The Bertz CT molecular complexity index is 1320. The molecule has 0 aliphatic heterocycles. The predicted molar refractivity (Wildman–Crippen MR) is 128 cm³/mol. The molecule has 0 saturated heterocycles. The summed E-state index contributed by atoms with van der Waals surface area (Å²) in [5.41, 5.74) is 1.08. The minimum Gasteiger partial charge on any atom is -0.465 e. The molecule has 0 spiro atoms. The minimum atomic E-state index is -4.43. The second-order valence-electron chi connectivity index (χ2n) is 8.76.